The van der Waals surface area contributed by atoms with Crippen LogP contribution in [0.1, 0.15) is 33.1 Å². The summed E-state index contributed by atoms with van der Waals surface area (Å²) >= 11 is 0. The van der Waals surface area contributed by atoms with E-state index in [0.717, 1.165) is 17.7 Å². The highest BCUT2D eigenvalue weighted by Gasteiger charge is 2.37. The van der Waals surface area contributed by atoms with Gasteiger partial charge in [0.15, 0.2) is 0 Å². The third-order valence-corrected chi connectivity index (χ3v) is 2.36. The second kappa shape index (κ2) is 4.35. The molecule has 1 rings (SSSR count). The summed E-state index contributed by atoms with van der Waals surface area (Å²) in [5.74, 6) is -0.716. The van der Waals surface area contributed by atoms with Crippen molar-refractivity contribution >= 4 is 17.6 Å². The maximum atomic E-state index is 11.6. The number of likely N-dealkylation sites (tertiary alicyclic amines) is 1. The molecule has 0 aromatic rings. The highest BCUT2D eigenvalue weighted by Crippen LogP contribution is 2.23. The number of carbonyl (C=O) groups excluding carboxylic acids is 3. The quantitative estimate of drug-likeness (QED) is 0.625. The van der Waals surface area contributed by atoms with Crippen LogP contribution in [0.2, 0.25) is 0 Å². The Labute approximate surface area is 83.3 Å². The lowest BCUT2D eigenvalue weighted by Crippen LogP contribution is -2.34. The van der Waals surface area contributed by atoms with E-state index < -0.39 is 0 Å². The van der Waals surface area contributed by atoms with Gasteiger partial charge in [-0.1, -0.05) is 13.3 Å². The lowest BCUT2D eigenvalue weighted by molar-refractivity contribution is -0.142. The molecule has 0 spiro atoms. The van der Waals surface area contributed by atoms with Crippen molar-refractivity contribution in [2.45, 2.75) is 33.1 Å². The van der Waals surface area contributed by atoms with Crippen LogP contribution < -0.4 is 0 Å². The molecular weight excluding hydrogens is 182 g/mol. The number of amides is 2. The average molecular weight is 197 g/mol. The molecule has 0 bridgehead atoms. The van der Waals surface area contributed by atoms with Crippen LogP contribution >= 0.6 is 0 Å². The Morgan fingerprint density at radius 3 is 2.64 bits per heavy atom. The first-order valence-electron chi connectivity index (χ1n) is 4.90. The molecule has 1 saturated heterocycles. The topological polar surface area (TPSA) is 54.5 Å². The Balaban J connectivity index is 2.65. The average Bonchev–Trinajstić information content (AvgIpc) is 2.33. The minimum atomic E-state index is -0.205. The molecule has 1 aliphatic heterocycles. The fraction of sp³-hybridized carbons (Fsp3) is 0.700. The van der Waals surface area contributed by atoms with E-state index in [0.29, 0.717) is 0 Å². The van der Waals surface area contributed by atoms with Crippen molar-refractivity contribution in [1.82, 2.24) is 4.90 Å². The van der Waals surface area contributed by atoms with Crippen LogP contribution in [0.4, 0.5) is 0 Å². The number of rotatable bonds is 4. The monoisotopic (exact) mass is 197 g/mol. The number of nitrogens with zero attached hydrogens (tertiary/aromatic N) is 1. The van der Waals surface area contributed by atoms with Crippen molar-refractivity contribution in [2.24, 2.45) is 5.92 Å². The van der Waals surface area contributed by atoms with Gasteiger partial charge in [-0.2, -0.15) is 0 Å². The number of hydrogen-bond acceptors (Lipinski definition) is 3. The zero-order valence-corrected chi connectivity index (χ0v) is 8.58. The van der Waals surface area contributed by atoms with Crippen LogP contribution in [-0.2, 0) is 14.4 Å². The van der Waals surface area contributed by atoms with Gasteiger partial charge < -0.3 is 0 Å². The van der Waals surface area contributed by atoms with E-state index in [2.05, 4.69) is 0 Å². The van der Waals surface area contributed by atoms with Crippen LogP contribution in [0.3, 0.4) is 0 Å². The van der Waals surface area contributed by atoms with Crippen molar-refractivity contribution in [1.29, 1.82) is 0 Å². The fourth-order valence-electron chi connectivity index (χ4n) is 1.71. The molecule has 4 heteroatoms. The van der Waals surface area contributed by atoms with E-state index >= 15 is 0 Å². The summed E-state index contributed by atoms with van der Waals surface area (Å²) in [6.45, 7) is 3.30. The molecule has 0 N–H and O–H groups in total. The third-order valence-electron chi connectivity index (χ3n) is 2.36. The Morgan fingerprint density at radius 1 is 1.50 bits per heavy atom. The van der Waals surface area contributed by atoms with Gasteiger partial charge in [0, 0.05) is 12.3 Å². The van der Waals surface area contributed by atoms with Crippen molar-refractivity contribution in [2.75, 3.05) is 6.54 Å². The van der Waals surface area contributed by atoms with Crippen LogP contribution in [-0.4, -0.2) is 29.0 Å². The normalized spacial score (nSPS) is 21.9. The van der Waals surface area contributed by atoms with E-state index in [9.17, 15) is 14.4 Å². The summed E-state index contributed by atoms with van der Waals surface area (Å²) in [5, 5.41) is 0. The summed E-state index contributed by atoms with van der Waals surface area (Å²) < 4.78 is 0. The van der Waals surface area contributed by atoms with Gasteiger partial charge in [-0.3, -0.25) is 19.3 Å². The predicted octanol–water partition coefficient (Wildman–Crippen LogP) is 0.751. The highest BCUT2D eigenvalue weighted by atomic mass is 16.2. The van der Waals surface area contributed by atoms with Gasteiger partial charge in [-0.05, 0) is 13.3 Å². The SMILES string of the molecule is CCCC1CC(=O)N(CC(C)=O)C1=O. The maximum Gasteiger partial charge on any atom is 0.233 e. The van der Waals surface area contributed by atoms with Crippen molar-refractivity contribution in [3.8, 4) is 0 Å². The third kappa shape index (κ3) is 2.19. The van der Waals surface area contributed by atoms with Crippen molar-refractivity contribution in [3.05, 3.63) is 0 Å². The summed E-state index contributed by atoms with van der Waals surface area (Å²) in [7, 11) is 0. The van der Waals surface area contributed by atoms with E-state index in [1.54, 1.807) is 0 Å². The van der Waals surface area contributed by atoms with Gasteiger partial charge in [-0.15, -0.1) is 0 Å². The molecule has 14 heavy (non-hydrogen) atoms. The largest absolute Gasteiger partial charge is 0.298 e. The van der Waals surface area contributed by atoms with E-state index in [1.807, 2.05) is 6.92 Å². The number of carbonyl (C=O) groups is 3. The molecule has 0 aromatic heterocycles. The molecule has 0 aliphatic carbocycles. The molecule has 1 unspecified atom stereocenters. The standard InChI is InChI=1S/C10H15NO3/c1-3-4-8-5-9(13)11(10(8)14)6-7(2)12/h8H,3-6H2,1-2H3. The van der Waals surface area contributed by atoms with Crippen molar-refractivity contribution in [3.63, 3.8) is 0 Å². The zero-order chi connectivity index (χ0) is 10.7. The molecule has 0 radical (unpaired) electrons. The summed E-state index contributed by atoms with van der Waals surface area (Å²) in [6.07, 6.45) is 1.90. The van der Waals surface area contributed by atoms with Crippen molar-refractivity contribution < 1.29 is 14.4 Å². The number of ketones is 1. The summed E-state index contributed by atoms with van der Waals surface area (Å²) in [5.41, 5.74) is 0. The summed E-state index contributed by atoms with van der Waals surface area (Å²) in [6, 6.07) is 0. The van der Waals surface area contributed by atoms with Gasteiger partial charge in [0.2, 0.25) is 11.8 Å². The van der Waals surface area contributed by atoms with Gasteiger partial charge in [0.1, 0.15) is 5.78 Å². The molecule has 1 fully saturated rings. The Kier molecular flexibility index (Phi) is 3.38. The molecule has 1 atom stereocenters. The van der Waals surface area contributed by atoms with Gasteiger partial charge >= 0.3 is 0 Å². The lowest BCUT2D eigenvalue weighted by Gasteiger charge is -2.12. The second-order valence-corrected chi connectivity index (χ2v) is 3.71. The predicted molar refractivity (Wildman–Crippen MR) is 50.4 cm³/mol. The minimum Gasteiger partial charge on any atom is -0.298 e. The maximum absolute atomic E-state index is 11.6. The number of hydrogen-bond donors (Lipinski definition) is 0. The second-order valence-electron chi connectivity index (χ2n) is 3.71. The highest BCUT2D eigenvalue weighted by molar-refractivity contribution is 6.05. The van der Waals surface area contributed by atoms with E-state index in [1.165, 1.54) is 6.92 Å². The Hall–Kier alpha value is -1.19. The van der Waals surface area contributed by atoms with Gasteiger partial charge in [0.25, 0.3) is 0 Å². The molecule has 1 aliphatic rings. The number of Topliss-reactive ketones (excluding diaryl/α,β-unsaturated/α-hetero) is 1. The first-order valence-corrected chi connectivity index (χ1v) is 4.90. The summed E-state index contributed by atoms with van der Waals surface area (Å²) in [4.78, 5) is 34.8. The Bertz CT molecular complexity index is 273. The van der Waals surface area contributed by atoms with Gasteiger partial charge in [-0.25, -0.2) is 0 Å². The molecule has 2 amide bonds. The van der Waals surface area contributed by atoms with Crippen LogP contribution in [0.5, 0.6) is 0 Å². The molecule has 0 saturated carbocycles. The molecule has 78 valence electrons. The zero-order valence-electron chi connectivity index (χ0n) is 8.58. The fourth-order valence-corrected chi connectivity index (χ4v) is 1.71. The molecule has 0 aromatic carbocycles. The lowest BCUT2D eigenvalue weighted by atomic mass is 10.0. The molecule has 4 nitrogen and oxygen atoms in total. The van der Waals surface area contributed by atoms with Crippen LogP contribution in [0.25, 0.3) is 0 Å². The van der Waals surface area contributed by atoms with E-state index in [-0.39, 0.29) is 36.5 Å². The smallest absolute Gasteiger partial charge is 0.233 e. The van der Waals surface area contributed by atoms with E-state index in [4.69, 9.17) is 0 Å². The minimum absolute atomic E-state index is 0.0577. The van der Waals surface area contributed by atoms with Crippen LogP contribution in [0, 0.1) is 5.92 Å². The molecular formula is C10H15NO3. The first-order chi connectivity index (χ1) is 6.56. The number of imide groups is 1. The Morgan fingerprint density at radius 2 is 2.14 bits per heavy atom. The first kappa shape index (κ1) is 10.9. The molecule has 1 heterocycles. The van der Waals surface area contributed by atoms with Gasteiger partial charge in [0.05, 0.1) is 6.54 Å². The van der Waals surface area contributed by atoms with Crippen LogP contribution in [0.15, 0.2) is 0 Å².